The number of carbonyl (C=O) groups is 1. The zero-order valence-corrected chi connectivity index (χ0v) is 13.3. The maximum atomic E-state index is 12.1. The van der Waals surface area contributed by atoms with Crippen LogP contribution in [0.25, 0.3) is 0 Å². The normalized spacial score (nSPS) is 21.8. The van der Waals surface area contributed by atoms with Gasteiger partial charge in [-0.3, -0.25) is 9.48 Å². The van der Waals surface area contributed by atoms with E-state index in [1.807, 2.05) is 38.7 Å². The predicted molar refractivity (Wildman–Crippen MR) is 79.9 cm³/mol. The number of oxazole rings is 1. The summed E-state index contributed by atoms with van der Waals surface area (Å²) >= 11 is 0. The molecule has 2 aromatic heterocycles. The molecule has 7 heteroatoms. The Morgan fingerprint density at radius 2 is 2.18 bits per heavy atom. The number of hydrogen-bond donors (Lipinski definition) is 1. The van der Waals surface area contributed by atoms with Gasteiger partial charge in [0.1, 0.15) is 5.76 Å². The van der Waals surface area contributed by atoms with Crippen LogP contribution in [-0.4, -0.2) is 38.7 Å². The highest BCUT2D eigenvalue weighted by atomic mass is 16.4. The van der Waals surface area contributed by atoms with Gasteiger partial charge in [0.2, 0.25) is 11.8 Å². The summed E-state index contributed by atoms with van der Waals surface area (Å²) in [4.78, 5) is 18.2. The summed E-state index contributed by atoms with van der Waals surface area (Å²) in [5, 5.41) is 7.61. The van der Waals surface area contributed by atoms with E-state index in [0.717, 1.165) is 17.1 Å². The monoisotopic (exact) mass is 303 g/mol. The van der Waals surface area contributed by atoms with E-state index in [4.69, 9.17) is 4.42 Å². The first-order valence-corrected chi connectivity index (χ1v) is 7.37. The molecule has 2 atom stereocenters. The van der Waals surface area contributed by atoms with Crippen molar-refractivity contribution in [3.63, 3.8) is 0 Å². The zero-order chi connectivity index (χ0) is 15.9. The Hall–Kier alpha value is -2.15. The third-order valence-electron chi connectivity index (χ3n) is 4.34. The van der Waals surface area contributed by atoms with Gasteiger partial charge in [0.05, 0.1) is 24.0 Å². The van der Waals surface area contributed by atoms with Crippen molar-refractivity contribution in [2.75, 3.05) is 7.05 Å². The lowest BCUT2D eigenvalue weighted by molar-refractivity contribution is -0.127. The maximum absolute atomic E-state index is 12.1. The minimum atomic E-state index is -0.0304. The van der Waals surface area contributed by atoms with E-state index in [9.17, 15) is 4.79 Å². The summed E-state index contributed by atoms with van der Waals surface area (Å²) in [5.74, 6) is 1.61. The van der Waals surface area contributed by atoms with Crippen molar-refractivity contribution in [1.82, 2.24) is 25.0 Å². The summed E-state index contributed by atoms with van der Waals surface area (Å²) in [6.07, 6.45) is 2.22. The van der Waals surface area contributed by atoms with Crippen LogP contribution in [0.1, 0.15) is 35.5 Å². The molecular weight excluding hydrogens is 282 g/mol. The molecule has 3 heterocycles. The number of likely N-dealkylation sites (tertiary alicyclic amines) is 1. The summed E-state index contributed by atoms with van der Waals surface area (Å²) in [6.45, 7) is 4.33. The molecule has 0 saturated carbocycles. The molecule has 3 rings (SSSR count). The van der Waals surface area contributed by atoms with Crippen molar-refractivity contribution in [3.8, 4) is 0 Å². The van der Waals surface area contributed by atoms with Crippen molar-refractivity contribution < 1.29 is 9.21 Å². The highest BCUT2D eigenvalue weighted by Gasteiger charge is 2.39. The second-order valence-electron chi connectivity index (χ2n) is 5.77. The number of hydrogen-bond acceptors (Lipinski definition) is 5. The van der Waals surface area contributed by atoms with Crippen molar-refractivity contribution in [3.05, 3.63) is 35.3 Å². The second kappa shape index (κ2) is 5.57. The Bertz CT molecular complexity index is 670. The van der Waals surface area contributed by atoms with Crippen LogP contribution in [-0.2, 0) is 18.4 Å². The van der Waals surface area contributed by atoms with Gasteiger partial charge >= 0.3 is 0 Å². The summed E-state index contributed by atoms with van der Waals surface area (Å²) in [6, 6.07) is 1.94. The van der Waals surface area contributed by atoms with Crippen LogP contribution in [0.3, 0.4) is 0 Å². The number of rotatable bonds is 4. The second-order valence-corrected chi connectivity index (χ2v) is 5.77. The van der Waals surface area contributed by atoms with Gasteiger partial charge < -0.3 is 14.6 Å². The first kappa shape index (κ1) is 14.8. The van der Waals surface area contributed by atoms with Crippen molar-refractivity contribution in [2.45, 2.75) is 38.9 Å². The van der Waals surface area contributed by atoms with Crippen molar-refractivity contribution in [1.29, 1.82) is 0 Å². The number of nitrogens with zero attached hydrogens (tertiary/aromatic N) is 4. The Morgan fingerprint density at radius 1 is 1.41 bits per heavy atom. The van der Waals surface area contributed by atoms with Crippen LogP contribution in [0.2, 0.25) is 0 Å². The Kier molecular flexibility index (Phi) is 3.74. The van der Waals surface area contributed by atoms with Crippen LogP contribution >= 0.6 is 0 Å². The lowest BCUT2D eigenvalue weighted by Gasteiger charge is -2.25. The first-order chi connectivity index (χ1) is 10.5. The molecule has 1 fully saturated rings. The number of nitrogens with one attached hydrogen (secondary N) is 1. The van der Waals surface area contributed by atoms with Gasteiger partial charge in [0.25, 0.3) is 0 Å². The van der Waals surface area contributed by atoms with E-state index >= 15 is 0 Å². The van der Waals surface area contributed by atoms with E-state index < -0.39 is 0 Å². The Labute approximate surface area is 129 Å². The van der Waals surface area contributed by atoms with Gasteiger partial charge in [-0.2, -0.15) is 5.10 Å². The minimum absolute atomic E-state index is 0.0143. The van der Waals surface area contributed by atoms with Crippen LogP contribution in [0.4, 0.5) is 0 Å². The fourth-order valence-corrected chi connectivity index (χ4v) is 2.96. The highest BCUT2D eigenvalue weighted by Crippen LogP contribution is 2.31. The average molecular weight is 303 g/mol. The van der Waals surface area contributed by atoms with Crippen LogP contribution in [0.15, 0.2) is 16.7 Å². The minimum Gasteiger partial charge on any atom is -0.444 e. The molecule has 7 nitrogen and oxygen atoms in total. The number of aryl methyl sites for hydroxylation is 3. The standard InChI is InChI=1S/C15H21N5O2/c1-9-10(2)22-13(18-9)8-16-11-7-14(21)19(3)15(11)12-5-6-17-20(12)4/h5-6,11,15-16H,7-8H2,1-4H3/t11-,15-/m1/s1. The van der Waals surface area contributed by atoms with E-state index in [2.05, 4.69) is 15.4 Å². The summed E-state index contributed by atoms with van der Waals surface area (Å²) in [5.41, 5.74) is 1.92. The van der Waals surface area contributed by atoms with E-state index in [0.29, 0.717) is 18.9 Å². The fraction of sp³-hybridized carbons (Fsp3) is 0.533. The molecule has 0 aliphatic carbocycles. The number of aromatic nitrogens is 3. The van der Waals surface area contributed by atoms with Gasteiger partial charge in [0.15, 0.2) is 0 Å². The molecule has 1 aliphatic rings. The van der Waals surface area contributed by atoms with Gasteiger partial charge in [-0.25, -0.2) is 4.98 Å². The van der Waals surface area contributed by atoms with Gasteiger partial charge in [0, 0.05) is 32.8 Å². The van der Waals surface area contributed by atoms with Crippen LogP contribution in [0, 0.1) is 13.8 Å². The van der Waals surface area contributed by atoms with Crippen LogP contribution in [0.5, 0.6) is 0 Å². The Balaban J connectivity index is 1.76. The summed E-state index contributed by atoms with van der Waals surface area (Å²) in [7, 11) is 3.73. The average Bonchev–Trinajstić information content (AvgIpc) is 3.10. The quantitative estimate of drug-likeness (QED) is 0.915. The molecule has 2 aromatic rings. The topological polar surface area (TPSA) is 76.2 Å². The Morgan fingerprint density at radius 3 is 2.77 bits per heavy atom. The molecule has 0 unspecified atom stereocenters. The molecule has 0 radical (unpaired) electrons. The third kappa shape index (κ3) is 2.52. The van der Waals surface area contributed by atoms with Gasteiger partial charge in [-0.05, 0) is 19.9 Å². The maximum Gasteiger partial charge on any atom is 0.224 e. The molecule has 118 valence electrons. The molecule has 0 aromatic carbocycles. The molecule has 1 amide bonds. The van der Waals surface area contributed by atoms with Crippen molar-refractivity contribution in [2.24, 2.45) is 7.05 Å². The highest BCUT2D eigenvalue weighted by molar-refractivity contribution is 5.80. The molecule has 0 bridgehead atoms. The van der Waals surface area contributed by atoms with E-state index in [1.54, 1.807) is 11.1 Å². The van der Waals surface area contributed by atoms with Gasteiger partial charge in [-0.1, -0.05) is 0 Å². The van der Waals surface area contributed by atoms with Crippen LogP contribution < -0.4 is 5.32 Å². The molecule has 0 spiro atoms. The van der Waals surface area contributed by atoms with Crippen molar-refractivity contribution >= 4 is 5.91 Å². The molecular formula is C15H21N5O2. The number of likely N-dealkylation sites (N-methyl/N-ethyl adjacent to an activating group) is 1. The largest absolute Gasteiger partial charge is 0.444 e. The molecule has 1 N–H and O–H groups in total. The van der Waals surface area contributed by atoms with E-state index in [1.165, 1.54) is 0 Å². The summed E-state index contributed by atoms with van der Waals surface area (Å²) < 4.78 is 7.40. The molecule has 22 heavy (non-hydrogen) atoms. The number of carbonyl (C=O) groups excluding carboxylic acids is 1. The molecule has 1 saturated heterocycles. The lowest BCUT2D eigenvalue weighted by Crippen LogP contribution is -2.36. The van der Waals surface area contributed by atoms with Gasteiger partial charge in [-0.15, -0.1) is 0 Å². The fourth-order valence-electron chi connectivity index (χ4n) is 2.96. The van der Waals surface area contributed by atoms with E-state index in [-0.39, 0.29) is 18.0 Å². The lowest BCUT2D eigenvalue weighted by atomic mass is 10.1. The number of amides is 1. The third-order valence-corrected chi connectivity index (χ3v) is 4.34. The predicted octanol–water partition coefficient (Wildman–Crippen LogP) is 1.09. The molecule has 1 aliphatic heterocycles. The zero-order valence-electron chi connectivity index (χ0n) is 13.3. The smallest absolute Gasteiger partial charge is 0.224 e. The first-order valence-electron chi connectivity index (χ1n) is 7.37. The SMILES string of the molecule is Cc1nc(CN[C@@H]2CC(=O)N(C)[C@H]2c2ccnn2C)oc1C.